The van der Waals surface area contributed by atoms with Crippen LogP contribution in [0.5, 0.6) is 0 Å². The number of morpholine rings is 1. The van der Waals surface area contributed by atoms with E-state index in [0.29, 0.717) is 5.69 Å². The van der Waals surface area contributed by atoms with E-state index in [1.165, 1.54) is 4.90 Å². The van der Waals surface area contributed by atoms with E-state index in [2.05, 4.69) is 0 Å². The van der Waals surface area contributed by atoms with Crippen molar-refractivity contribution in [2.75, 3.05) is 11.5 Å². The lowest BCUT2D eigenvalue weighted by molar-refractivity contribution is -0.157. The molecule has 22 heavy (non-hydrogen) atoms. The molecular formula is C17H15NO4. The van der Waals surface area contributed by atoms with Gasteiger partial charge >= 0.3 is 5.97 Å². The van der Waals surface area contributed by atoms with Crippen molar-refractivity contribution >= 4 is 17.6 Å². The average Bonchev–Trinajstić information content (AvgIpc) is 2.56. The Morgan fingerprint density at radius 2 is 1.64 bits per heavy atom. The molecule has 0 radical (unpaired) electrons. The maximum atomic E-state index is 12.4. The number of carbonyl (C=O) groups is 2. The van der Waals surface area contributed by atoms with Crippen LogP contribution in [-0.2, 0) is 14.3 Å². The lowest BCUT2D eigenvalue weighted by atomic mass is 9.97. The number of nitrogens with zero attached hydrogens (tertiary/aromatic N) is 1. The van der Waals surface area contributed by atoms with Gasteiger partial charge in [0, 0.05) is 5.69 Å². The first-order valence-corrected chi connectivity index (χ1v) is 6.95. The first kappa shape index (κ1) is 14.3. The largest absolute Gasteiger partial charge is 0.479 e. The zero-order chi connectivity index (χ0) is 15.5. The van der Waals surface area contributed by atoms with Gasteiger partial charge in [-0.05, 0) is 17.7 Å². The third-order valence-electron chi connectivity index (χ3n) is 3.64. The van der Waals surface area contributed by atoms with E-state index >= 15 is 0 Å². The highest BCUT2D eigenvalue weighted by atomic mass is 16.5. The van der Waals surface area contributed by atoms with Gasteiger partial charge in [0.2, 0.25) is 0 Å². The van der Waals surface area contributed by atoms with Gasteiger partial charge in [-0.1, -0.05) is 48.5 Å². The van der Waals surface area contributed by atoms with Crippen LogP contribution in [0.4, 0.5) is 5.69 Å². The van der Waals surface area contributed by atoms with Gasteiger partial charge in [-0.3, -0.25) is 9.69 Å². The monoisotopic (exact) mass is 297 g/mol. The molecule has 1 heterocycles. The highest BCUT2D eigenvalue weighted by molar-refractivity contribution is 5.97. The van der Waals surface area contributed by atoms with E-state index in [0.717, 1.165) is 5.56 Å². The van der Waals surface area contributed by atoms with Crippen molar-refractivity contribution in [2.24, 2.45) is 0 Å². The van der Waals surface area contributed by atoms with Crippen molar-refractivity contribution in [3.63, 3.8) is 0 Å². The highest BCUT2D eigenvalue weighted by Gasteiger charge is 2.42. The van der Waals surface area contributed by atoms with Gasteiger partial charge in [0.15, 0.2) is 6.10 Å². The minimum Gasteiger partial charge on any atom is -0.479 e. The molecule has 1 aliphatic rings. The molecule has 0 bridgehead atoms. The summed E-state index contributed by atoms with van der Waals surface area (Å²) < 4.78 is 5.28. The van der Waals surface area contributed by atoms with Crippen molar-refractivity contribution in [1.29, 1.82) is 0 Å². The molecule has 2 atom stereocenters. The number of amides is 1. The molecule has 0 aromatic heterocycles. The van der Waals surface area contributed by atoms with Gasteiger partial charge in [-0.25, -0.2) is 4.79 Å². The third kappa shape index (κ3) is 2.58. The molecule has 2 unspecified atom stereocenters. The van der Waals surface area contributed by atoms with E-state index in [1.807, 2.05) is 36.4 Å². The second kappa shape index (κ2) is 5.99. The molecule has 5 heteroatoms. The molecule has 1 aliphatic heterocycles. The lowest BCUT2D eigenvalue weighted by Crippen LogP contribution is -2.52. The molecule has 3 rings (SSSR count). The number of aliphatic carboxylic acids is 1. The Hall–Kier alpha value is -2.66. The van der Waals surface area contributed by atoms with Crippen LogP contribution >= 0.6 is 0 Å². The van der Waals surface area contributed by atoms with Crippen LogP contribution in [0, 0.1) is 0 Å². The number of carboxylic acids is 1. The second-order valence-electron chi connectivity index (χ2n) is 5.02. The topological polar surface area (TPSA) is 66.8 Å². The normalized spacial score (nSPS) is 21.6. The summed E-state index contributed by atoms with van der Waals surface area (Å²) in [5.41, 5.74) is 1.39. The molecule has 112 valence electrons. The summed E-state index contributed by atoms with van der Waals surface area (Å²) in [4.78, 5) is 25.4. The summed E-state index contributed by atoms with van der Waals surface area (Å²) in [6, 6.07) is 17.5. The molecule has 2 aromatic carbocycles. The maximum absolute atomic E-state index is 12.4. The van der Waals surface area contributed by atoms with E-state index in [-0.39, 0.29) is 12.5 Å². The summed E-state index contributed by atoms with van der Waals surface area (Å²) in [6.07, 6.45) is -1.10. The third-order valence-corrected chi connectivity index (χ3v) is 3.64. The van der Waals surface area contributed by atoms with Crippen molar-refractivity contribution in [1.82, 2.24) is 0 Å². The summed E-state index contributed by atoms with van der Waals surface area (Å²) >= 11 is 0. The fraction of sp³-hybridized carbons (Fsp3) is 0.176. The number of carboxylic acid groups (broad SMARTS) is 1. The number of ether oxygens (including phenoxy) is 1. The van der Waals surface area contributed by atoms with Gasteiger partial charge in [-0.15, -0.1) is 0 Å². The van der Waals surface area contributed by atoms with Crippen molar-refractivity contribution in [2.45, 2.75) is 12.1 Å². The molecule has 0 saturated carbocycles. The Balaban J connectivity index is 2.10. The van der Waals surface area contributed by atoms with E-state index in [9.17, 15) is 14.7 Å². The molecule has 0 spiro atoms. The van der Waals surface area contributed by atoms with Gasteiger partial charge in [-0.2, -0.15) is 0 Å². The molecule has 1 saturated heterocycles. The van der Waals surface area contributed by atoms with Crippen LogP contribution < -0.4 is 4.90 Å². The number of carbonyl (C=O) groups excluding carboxylic acids is 1. The van der Waals surface area contributed by atoms with Gasteiger partial charge in [0.1, 0.15) is 6.61 Å². The first-order valence-electron chi connectivity index (χ1n) is 6.95. The number of anilines is 1. The first-order chi connectivity index (χ1) is 10.7. The van der Waals surface area contributed by atoms with Crippen LogP contribution in [-0.4, -0.2) is 29.7 Å². The Morgan fingerprint density at radius 1 is 1.05 bits per heavy atom. The van der Waals surface area contributed by atoms with Crippen LogP contribution in [0.1, 0.15) is 11.6 Å². The predicted molar refractivity (Wildman–Crippen MR) is 80.5 cm³/mol. The number of benzene rings is 2. The van der Waals surface area contributed by atoms with Crippen LogP contribution in [0.3, 0.4) is 0 Å². The fourth-order valence-electron chi connectivity index (χ4n) is 2.69. The zero-order valence-electron chi connectivity index (χ0n) is 11.8. The molecule has 2 aromatic rings. The number of rotatable bonds is 3. The van der Waals surface area contributed by atoms with Crippen LogP contribution in [0.25, 0.3) is 0 Å². The minimum atomic E-state index is -1.10. The molecule has 5 nitrogen and oxygen atoms in total. The zero-order valence-corrected chi connectivity index (χ0v) is 11.8. The Kier molecular flexibility index (Phi) is 3.89. The Labute approximate surface area is 127 Å². The number of hydrogen-bond acceptors (Lipinski definition) is 3. The second-order valence-corrected chi connectivity index (χ2v) is 5.02. The smallest absolute Gasteiger partial charge is 0.335 e. The summed E-state index contributed by atoms with van der Waals surface area (Å²) in [5.74, 6) is -1.33. The van der Waals surface area contributed by atoms with Gasteiger partial charge in [0.25, 0.3) is 5.91 Å². The molecule has 1 fully saturated rings. The summed E-state index contributed by atoms with van der Waals surface area (Å²) in [5, 5.41) is 9.46. The molecular weight excluding hydrogens is 282 g/mol. The summed E-state index contributed by atoms with van der Waals surface area (Å²) in [7, 11) is 0. The number of para-hydroxylation sites is 1. The lowest BCUT2D eigenvalue weighted by Gasteiger charge is -2.39. The Morgan fingerprint density at radius 3 is 2.23 bits per heavy atom. The summed E-state index contributed by atoms with van der Waals surface area (Å²) in [6.45, 7) is -0.241. The van der Waals surface area contributed by atoms with E-state index in [1.54, 1.807) is 24.3 Å². The predicted octanol–water partition coefficient (Wildman–Crippen LogP) is 2.24. The van der Waals surface area contributed by atoms with Crippen molar-refractivity contribution < 1.29 is 19.4 Å². The maximum Gasteiger partial charge on any atom is 0.335 e. The quantitative estimate of drug-likeness (QED) is 0.943. The standard InChI is InChI=1S/C17H15NO4/c19-14-11-22-16(17(20)21)15(12-7-3-1-4-8-12)18(14)13-9-5-2-6-10-13/h1-10,15-16H,11H2,(H,20,21). The fourth-order valence-corrected chi connectivity index (χ4v) is 2.69. The van der Waals surface area contributed by atoms with Crippen LogP contribution in [0.15, 0.2) is 60.7 Å². The molecule has 0 aliphatic carbocycles. The van der Waals surface area contributed by atoms with E-state index in [4.69, 9.17) is 4.74 Å². The average molecular weight is 297 g/mol. The SMILES string of the molecule is O=C(O)C1OCC(=O)N(c2ccccc2)C1c1ccccc1. The van der Waals surface area contributed by atoms with Crippen LogP contribution in [0.2, 0.25) is 0 Å². The Bertz CT molecular complexity index is 672. The van der Waals surface area contributed by atoms with E-state index < -0.39 is 18.1 Å². The highest BCUT2D eigenvalue weighted by Crippen LogP contribution is 2.34. The molecule has 1 amide bonds. The van der Waals surface area contributed by atoms with Gasteiger partial charge in [0.05, 0.1) is 6.04 Å². The van der Waals surface area contributed by atoms with Gasteiger partial charge < -0.3 is 9.84 Å². The van der Waals surface area contributed by atoms with Crippen molar-refractivity contribution in [3.05, 3.63) is 66.2 Å². The molecule has 1 N–H and O–H groups in total. The number of hydrogen-bond donors (Lipinski definition) is 1. The van der Waals surface area contributed by atoms with Crippen molar-refractivity contribution in [3.8, 4) is 0 Å². The minimum absolute atomic E-state index is 0.241.